The van der Waals surface area contributed by atoms with Crippen molar-refractivity contribution in [3.8, 4) is 5.75 Å². The van der Waals surface area contributed by atoms with Crippen molar-refractivity contribution in [2.45, 2.75) is 64.0 Å². The lowest BCUT2D eigenvalue weighted by Gasteiger charge is -2.37. The van der Waals surface area contributed by atoms with Gasteiger partial charge in [0.15, 0.2) is 6.61 Å². The second kappa shape index (κ2) is 9.28. The highest BCUT2D eigenvalue weighted by atomic mass is 16.5. The minimum Gasteiger partial charge on any atom is -0.484 e. The van der Waals surface area contributed by atoms with Gasteiger partial charge < -0.3 is 19.9 Å². The summed E-state index contributed by atoms with van der Waals surface area (Å²) in [4.78, 5) is 42.3. The molecule has 7 nitrogen and oxygen atoms in total. The molecule has 1 N–H and O–H groups in total. The lowest BCUT2D eigenvalue weighted by atomic mass is 9.76. The zero-order chi connectivity index (χ0) is 21.8. The van der Waals surface area contributed by atoms with E-state index in [1.807, 2.05) is 37.3 Å². The van der Waals surface area contributed by atoms with E-state index in [4.69, 9.17) is 4.74 Å². The van der Waals surface area contributed by atoms with E-state index in [9.17, 15) is 14.4 Å². The SMILES string of the molecule is CCN1C(=O)C2(CCN(C(=O)COc3ccccc3)CC2)CC1C(=O)NC1CCCC1. The molecule has 0 radical (unpaired) electrons. The number of hydrogen-bond acceptors (Lipinski definition) is 4. The van der Waals surface area contributed by atoms with E-state index in [-0.39, 0.29) is 36.4 Å². The molecule has 1 atom stereocenters. The van der Waals surface area contributed by atoms with Gasteiger partial charge in [-0.25, -0.2) is 0 Å². The van der Waals surface area contributed by atoms with Gasteiger partial charge in [-0.1, -0.05) is 31.0 Å². The number of benzene rings is 1. The molecule has 2 aliphatic heterocycles. The molecule has 3 aliphatic rings. The number of likely N-dealkylation sites (N-methyl/N-ethyl adjacent to an activating group) is 1. The smallest absolute Gasteiger partial charge is 0.260 e. The van der Waals surface area contributed by atoms with E-state index in [0.29, 0.717) is 44.6 Å². The predicted molar refractivity (Wildman–Crippen MR) is 116 cm³/mol. The summed E-state index contributed by atoms with van der Waals surface area (Å²) in [5.41, 5.74) is -0.523. The number of piperidine rings is 1. The third-order valence-electron chi connectivity index (χ3n) is 7.20. The van der Waals surface area contributed by atoms with Crippen molar-refractivity contribution in [1.82, 2.24) is 15.1 Å². The quantitative estimate of drug-likeness (QED) is 0.756. The summed E-state index contributed by atoms with van der Waals surface area (Å²) in [6.07, 6.45) is 6.15. The molecule has 1 aromatic carbocycles. The van der Waals surface area contributed by atoms with Crippen LogP contribution in [0.1, 0.15) is 51.9 Å². The van der Waals surface area contributed by atoms with Crippen LogP contribution >= 0.6 is 0 Å². The Balaban J connectivity index is 1.33. The number of para-hydroxylation sites is 1. The molecule has 4 rings (SSSR count). The number of nitrogens with zero attached hydrogens (tertiary/aromatic N) is 2. The molecule has 3 amide bonds. The Hall–Kier alpha value is -2.57. The first-order chi connectivity index (χ1) is 15.0. The van der Waals surface area contributed by atoms with Crippen molar-refractivity contribution in [3.63, 3.8) is 0 Å². The third-order valence-corrected chi connectivity index (χ3v) is 7.20. The molecule has 31 heavy (non-hydrogen) atoms. The molecule has 0 bridgehead atoms. The number of rotatable bonds is 6. The molecule has 1 unspecified atom stereocenters. The molecule has 1 aromatic rings. The van der Waals surface area contributed by atoms with E-state index >= 15 is 0 Å². The second-order valence-electron chi connectivity index (χ2n) is 9.06. The highest BCUT2D eigenvalue weighted by Gasteiger charge is 2.54. The third kappa shape index (κ3) is 4.55. The molecule has 1 aliphatic carbocycles. The molecule has 1 saturated carbocycles. The maximum atomic E-state index is 13.3. The summed E-state index contributed by atoms with van der Waals surface area (Å²) in [7, 11) is 0. The van der Waals surface area contributed by atoms with Crippen molar-refractivity contribution >= 4 is 17.7 Å². The number of carbonyl (C=O) groups is 3. The second-order valence-corrected chi connectivity index (χ2v) is 9.06. The van der Waals surface area contributed by atoms with Gasteiger partial charge in [0.25, 0.3) is 5.91 Å². The van der Waals surface area contributed by atoms with Crippen LogP contribution in [-0.4, -0.2) is 65.8 Å². The Labute approximate surface area is 184 Å². The fraction of sp³-hybridized carbons (Fsp3) is 0.625. The standard InChI is InChI=1S/C24H33N3O4/c1-2-27-20(22(29)25-18-8-6-7-9-18)16-24(23(27)30)12-14-26(15-13-24)21(28)17-31-19-10-4-3-5-11-19/h3-5,10-11,18,20H,2,6-9,12-17H2,1H3,(H,25,29). The van der Waals surface area contributed by atoms with Gasteiger partial charge in [-0.15, -0.1) is 0 Å². The van der Waals surface area contributed by atoms with Gasteiger partial charge in [0.1, 0.15) is 11.8 Å². The van der Waals surface area contributed by atoms with Gasteiger partial charge in [0, 0.05) is 25.7 Å². The van der Waals surface area contributed by atoms with Crippen LogP contribution in [-0.2, 0) is 14.4 Å². The first-order valence-corrected chi connectivity index (χ1v) is 11.6. The number of ether oxygens (including phenoxy) is 1. The van der Waals surface area contributed by atoms with E-state index in [1.54, 1.807) is 9.80 Å². The number of carbonyl (C=O) groups excluding carboxylic acids is 3. The van der Waals surface area contributed by atoms with Crippen molar-refractivity contribution in [3.05, 3.63) is 30.3 Å². The Morgan fingerprint density at radius 3 is 2.45 bits per heavy atom. The number of hydrogen-bond donors (Lipinski definition) is 1. The first kappa shape index (κ1) is 21.7. The van der Waals surface area contributed by atoms with Crippen LogP contribution in [0.5, 0.6) is 5.75 Å². The summed E-state index contributed by atoms with van der Waals surface area (Å²) in [6.45, 7) is 3.52. The highest BCUT2D eigenvalue weighted by Crippen LogP contribution is 2.44. The van der Waals surface area contributed by atoms with Gasteiger partial charge in [-0.05, 0) is 51.2 Å². The van der Waals surface area contributed by atoms with Crippen LogP contribution in [0.25, 0.3) is 0 Å². The summed E-state index contributed by atoms with van der Waals surface area (Å²) in [5, 5.41) is 3.17. The van der Waals surface area contributed by atoms with Gasteiger partial charge in [0.05, 0.1) is 5.41 Å². The Bertz CT molecular complexity index is 798. The molecular weight excluding hydrogens is 394 g/mol. The lowest BCUT2D eigenvalue weighted by molar-refractivity contribution is -0.144. The normalized spacial score (nSPS) is 23.4. The van der Waals surface area contributed by atoms with E-state index < -0.39 is 5.41 Å². The summed E-state index contributed by atoms with van der Waals surface area (Å²) in [5.74, 6) is 0.681. The summed E-state index contributed by atoms with van der Waals surface area (Å²) < 4.78 is 5.59. The van der Waals surface area contributed by atoms with Gasteiger partial charge in [0.2, 0.25) is 11.8 Å². The van der Waals surface area contributed by atoms with Gasteiger partial charge >= 0.3 is 0 Å². The van der Waals surface area contributed by atoms with Crippen LogP contribution in [0.3, 0.4) is 0 Å². The van der Waals surface area contributed by atoms with E-state index in [2.05, 4.69) is 5.32 Å². The minimum absolute atomic E-state index is 0.00152. The van der Waals surface area contributed by atoms with Crippen LogP contribution < -0.4 is 10.1 Å². The van der Waals surface area contributed by atoms with Gasteiger partial charge in [-0.2, -0.15) is 0 Å². The zero-order valence-corrected chi connectivity index (χ0v) is 18.3. The van der Waals surface area contributed by atoms with Crippen LogP contribution in [0.4, 0.5) is 0 Å². The molecule has 3 fully saturated rings. The monoisotopic (exact) mass is 427 g/mol. The van der Waals surface area contributed by atoms with Crippen LogP contribution in [0.2, 0.25) is 0 Å². The van der Waals surface area contributed by atoms with Crippen LogP contribution in [0, 0.1) is 5.41 Å². The molecule has 7 heteroatoms. The average Bonchev–Trinajstić information content (AvgIpc) is 3.40. The highest BCUT2D eigenvalue weighted by molar-refractivity contribution is 5.94. The van der Waals surface area contributed by atoms with E-state index in [1.165, 1.54) is 0 Å². The van der Waals surface area contributed by atoms with Crippen molar-refractivity contribution in [2.75, 3.05) is 26.2 Å². The van der Waals surface area contributed by atoms with Gasteiger partial charge in [-0.3, -0.25) is 14.4 Å². The first-order valence-electron chi connectivity index (χ1n) is 11.6. The predicted octanol–water partition coefficient (Wildman–Crippen LogP) is 2.35. The number of likely N-dealkylation sites (tertiary alicyclic amines) is 2. The minimum atomic E-state index is -0.523. The maximum Gasteiger partial charge on any atom is 0.260 e. The largest absolute Gasteiger partial charge is 0.484 e. The van der Waals surface area contributed by atoms with Crippen LogP contribution in [0.15, 0.2) is 30.3 Å². The van der Waals surface area contributed by atoms with Crippen molar-refractivity contribution < 1.29 is 19.1 Å². The molecule has 2 heterocycles. The average molecular weight is 428 g/mol. The Kier molecular flexibility index (Phi) is 6.49. The fourth-order valence-corrected chi connectivity index (χ4v) is 5.33. The number of nitrogens with one attached hydrogen (secondary N) is 1. The zero-order valence-electron chi connectivity index (χ0n) is 18.3. The topological polar surface area (TPSA) is 79.0 Å². The molecule has 2 saturated heterocycles. The molecule has 0 aromatic heterocycles. The Morgan fingerprint density at radius 1 is 1.13 bits per heavy atom. The van der Waals surface area contributed by atoms with Crippen molar-refractivity contribution in [2.24, 2.45) is 5.41 Å². The molecule has 1 spiro atoms. The lowest BCUT2D eigenvalue weighted by Crippen LogP contribution is -2.48. The molecular formula is C24H33N3O4. The summed E-state index contributed by atoms with van der Waals surface area (Å²) >= 11 is 0. The summed E-state index contributed by atoms with van der Waals surface area (Å²) in [6, 6.07) is 9.16. The number of amides is 3. The van der Waals surface area contributed by atoms with E-state index in [0.717, 1.165) is 25.7 Å². The van der Waals surface area contributed by atoms with Crippen molar-refractivity contribution in [1.29, 1.82) is 0 Å². The fourth-order valence-electron chi connectivity index (χ4n) is 5.33. The maximum absolute atomic E-state index is 13.3. The molecule has 168 valence electrons. The Morgan fingerprint density at radius 2 is 1.81 bits per heavy atom.